The summed E-state index contributed by atoms with van der Waals surface area (Å²) in [7, 11) is 0. The molecule has 0 radical (unpaired) electrons. The van der Waals surface area contributed by atoms with Gasteiger partial charge in [0, 0.05) is 31.1 Å². The van der Waals surface area contributed by atoms with Crippen molar-refractivity contribution < 1.29 is 9.53 Å². The van der Waals surface area contributed by atoms with Gasteiger partial charge in [0.2, 0.25) is 0 Å². The second kappa shape index (κ2) is 10.3. The molecule has 0 saturated carbocycles. The summed E-state index contributed by atoms with van der Waals surface area (Å²) in [4.78, 5) is 41.9. The SMILES string of the molecule is CC(C)(C)OC(=O)N1CC=C(c2ccc3[nH]c(=O)c(-c4nc5ccccc5[nH]4)c(N[C@H]4CN5CCC4CC5)c3c2)CC1. The number of anilines is 1. The Hall–Kier alpha value is -4.11. The Balaban J connectivity index is 1.30. The van der Waals surface area contributed by atoms with Crippen LogP contribution in [0.3, 0.4) is 0 Å². The van der Waals surface area contributed by atoms with Crippen LogP contribution in [0.5, 0.6) is 0 Å². The summed E-state index contributed by atoms with van der Waals surface area (Å²) in [6.07, 6.45) is 4.90. The fourth-order valence-electron chi connectivity index (χ4n) is 6.68. The van der Waals surface area contributed by atoms with Gasteiger partial charge in [-0.2, -0.15) is 0 Å². The van der Waals surface area contributed by atoms with Crippen molar-refractivity contribution in [3.8, 4) is 11.4 Å². The van der Waals surface area contributed by atoms with Crippen molar-refractivity contribution in [3.63, 3.8) is 0 Å². The average molecular weight is 567 g/mol. The van der Waals surface area contributed by atoms with E-state index in [4.69, 9.17) is 9.72 Å². The first kappa shape index (κ1) is 26.8. The van der Waals surface area contributed by atoms with Gasteiger partial charge in [-0.3, -0.25) is 4.79 Å². The molecule has 9 nitrogen and oxygen atoms in total. The lowest BCUT2D eigenvalue weighted by Crippen LogP contribution is -2.53. The van der Waals surface area contributed by atoms with Crippen molar-refractivity contribution >= 4 is 39.3 Å². The number of carbonyl (C=O) groups excluding carboxylic acids is 1. The number of rotatable bonds is 4. The number of hydrogen-bond donors (Lipinski definition) is 3. The van der Waals surface area contributed by atoms with Crippen molar-refractivity contribution in [1.82, 2.24) is 24.8 Å². The molecule has 2 aromatic carbocycles. The van der Waals surface area contributed by atoms with Crippen molar-refractivity contribution in [2.45, 2.75) is 51.7 Å². The van der Waals surface area contributed by atoms with Crippen molar-refractivity contribution in [1.29, 1.82) is 0 Å². The maximum absolute atomic E-state index is 13.7. The van der Waals surface area contributed by atoms with E-state index in [0.717, 1.165) is 59.2 Å². The van der Waals surface area contributed by atoms with Gasteiger partial charge in [0.15, 0.2) is 0 Å². The molecule has 0 unspecified atom stereocenters. The molecule has 2 bridgehead atoms. The lowest BCUT2D eigenvalue weighted by atomic mass is 9.83. The number of hydrogen-bond acceptors (Lipinski definition) is 6. The highest BCUT2D eigenvalue weighted by Crippen LogP contribution is 2.37. The van der Waals surface area contributed by atoms with E-state index < -0.39 is 5.60 Å². The van der Waals surface area contributed by atoms with E-state index in [1.54, 1.807) is 4.90 Å². The van der Waals surface area contributed by atoms with E-state index >= 15 is 0 Å². The monoisotopic (exact) mass is 566 g/mol. The van der Waals surface area contributed by atoms with E-state index in [2.05, 4.69) is 38.4 Å². The number of fused-ring (bicyclic) bond motifs is 5. The van der Waals surface area contributed by atoms with Gasteiger partial charge in [0.1, 0.15) is 17.0 Å². The maximum Gasteiger partial charge on any atom is 0.410 e. The lowest BCUT2D eigenvalue weighted by Gasteiger charge is -2.45. The molecule has 0 aliphatic carbocycles. The number of H-pyrrole nitrogens is 2. The Morgan fingerprint density at radius 2 is 1.86 bits per heavy atom. The molecular formula is C33H38N6O3. The zero-order valence-electron chi connectivity index (χ0n) is 24.5. The molecule has 4 aromatic rings. The largest absolute Gasteiger partial charge is 0.444 e. The molecule has 3 N–H and O–H groups in total. The Morgan fingerprint density at radius 1 is 1.05 bits per heavy atom. The van der Waals surface area contributed by atoms with Crippen LogP contribution in [0.4, 0.5) is 10.5 Å². The zero-order chi connectivity index (χ0) is 29.0. The van der Waals surface area contributed by atoms with E-state index in [0.29, 0.717) is 30.4 Å². The van der Waals surface area contributed by atoms with Crippen LogP contribution in [-0.4, -0.2) is 75.2 Å². The normalized spacial score (nSPS) is 22.4. The van der Waals surface area contributed by atoms with Crippen LogP contribution in [0.15, 0.2) is 53.3 Å². The van der Waals surface area contributed by atoms with Gasteiger partial charge in [0.25, 0.3) is 5.56 Å². The smallest absolute Gasteiger partial charge is 0.410 e. The number of para-hydroxylation sites is 2. The van der Waals surface area contributed by atoms with Gasteiger partial charge >= 0.3 is 6.09 Å². The predicted octanol–water partition coefficient (Wildman–Crippen LogP) is 5.60. The third kappa shape index (κ3) is 5.06. The fraction of sp³-hybridized carbons (Fsp3) is 0.424. The zero-order valence-corrected chi connectivity index (χ0v) is 24.5. The average Bonchev–Trinajstić information content (AvgIpc) is 3.40. The second-order valence-electron chi connectivity index (χ2n) is 12.9. The summed E-state index contributed by atoms with van der Waals surface area (Å²) < 4.78 is 5.58. The van der Waals surface area contributed by atoms with Crippen LogP contribution >= 0.6 is 0 Å². The predicted molar refractivity (Wildman–Crippen MR) is 167 cm³/mol. The minimum atomic E-state index is -0.522. The first-order valence-electron chi connectivity index (χ1n) is 15.0. The molecule has 218 valence electrons. The minimum absolute atomic E-state index is 0.164. The maximum atomic E-state index is 13.7. The number of aromatic amines is 2. The van der Waals surface area contributed by atoms with E-state index in [1.165, 1.54) is 18.4 Å². The first-order chi connectivity index (χ1) is 20.2. The first-order valence-corrected chi connectivity index (χ1v) is 15.0. The van der Waals surface area contributed by atoms with Crippen molar-refractivity contribution in [3.05, 3.63) is 64.5 Å². The molecule has 42 heavy (non-hydrogen) atoms. The number of benzene rings is 2. The summed E-state index contributed by atoms with van der Waals surface area (Å²) in [5.74, 6) is 1.15. The molecule has 3 saturated heterocycles. The topological polar surface area (TPSA) is 106 Å². The van der Waals surface area contributed by atoms with E-state index in [-0.39, 0.29) is 17.7 Å². The minimum Gasteiger partial charge on any atom is -0.444 e. The Morgan fingerprint density at radius 3 is 2.55 bits per heavy atom. The highest BCUT2D eigenvalue weighted by molar-refractivity contribution is 6.00. The molecule has 1 atom stereocenters. The highest BCUT2D eigenvalue weighted by atomic mass is 16.6. The fourth-order valence-corrected chi connectivity index (χ4v) is 6.68. The number of amides is 1. The molecule has 4 aliphatic rings. The number of carbonyl (C=O) groups is 1. The van der Waals surface area contributed by atoms with Crippen LogP contribution in [0, 0.1) is 5.92 Å². The Bertz CT molecular complexity index is 1720. The van der Waals surface area contributed by atoms with Gasteiger partial charge in [-0.1, -0.05) is 24.3 Å². The van der Waals surface area contributed by atoms with Crippen LogP contribution in [0.25, 0.3) is 38.9 Å². The molecule has 1 amide bonds. The number of nitrogens with one attached hydrogen (secondary N) is 3. The number of piperidine rings is 3. The van der Waals surface area contributed by atoms with Crippen LogP contribution in [0.1, 0.15) is 45.6 Å². The summed E-state index contributed by atoms with van der Waals surface area (Å²) >= 11 is 0. The summed E-state index contributed by atoms with van der Waals surface area (Å²) in [6.45, 7) is 10.0. The lowest BCUT2D eigenvalue weighted by molar-refractivity contribution is 0.0270. The van der Waals surface area contributed by atoms with Crippen LogP contribution in [0.2, 0.25) is 0 Å². The van der Waals surface area contributed by atoms with Gasteiger partial charge in [0.05, 0.1) is 22.2 Å². The highest BCUT2D eigenvalue weighted by Gasteiger charge is 2.35. The summed E-state index contributed by atoms with van der Waals surface area (Å²) in [5, 5.41) is 4.84. The van der Waals surface area contributed by atoms with Crippen LogP contribution < -0.4 is 10.9 Å². The molecule has 9 heteroatoms. The van der Waals surface area contributed by atoms with Gasteiger partial charge in [-0.25, -0.2) is 9.78 Å². The number of ether oxygens (including phenoxy) is 1. The molecule has 3 fully saturated rings. The second-order valence-corrected chi connectivity index (χ2v) is 12.9. The molecule has 6 heterocycles. The Labute approximate surface area is 245 Å². The number of aromatic nitrogens is 3. The standard InChI is InChI=1S/C33H38N6O3/c1-33(2,3)42-32(41)39-16-12-20(13-17-39)22-8-9-24-23(18-22)29(34-27-19-38-14-10-21(27)11-15-38)28(31(40)37-24)30-35-25-6-4-5-7-26(25)36-30/h4-9,12,18,21,27H,10-11,13-17,19H2,1-3H3,(H,35,36)(H2,34,37,40)/t27-/m0/s1. The molecule has 4 aliphatic heterocycles. The molecule has 2 aromatic heterocycles. The number of nitrogens with zero attached hydrogens (tertiary/aromatic N) is 3. The quantitative estimate of drug-likeness (QED) is 0.297. The summed E-state index contributed by atoms with van der Waals surface area (Å²) in [6, 6.07) is 14.4. The van der Waals surface area contributed by atoms with Crippen LogP contribution in [-0.2, 0) is 4.74 Å². The van der Waals surface area contributed by atoms with E-state index in [9.17, 15) is 9.59 Å². The molecular weight excluding hydrogens is 528 g/mol. The van der Waals surface area contributed by atoms with Gasteiger partial charge < -0.3 is 29.8 Å². The van der Waals surface area contributed by atoms with E-state index in [1.807, 2.05) is 51.1 Å². The van der Waals surface area contributed by atoms with Gasteiger partial charge in [-0.05, 0) is 94.4 Å². The molecule has 8 rings (SSSR count). The third-order valence-electron chi connectivity index (χ3n) is 8.86. The number of pyridine rings is 1. The van der Waals surface area contributed by atoms with Crippen molar-refractivity contribution in [2.75, 3.05) is 38.0 Å². The van der Waals surface area contributed by atoms with Crippen molar-refractivity contribution in [2.24, 2.45) is 5.92 Å². The number of imidazole rings is 1. The third-order valence-corrected chi connectivity index (χ3v) is 8.86. The summed E-state index contributed by atoms with van der Waals surface area (Å²) in [5.41, 5.74) is 5.48. The molecule has 0 spiro atoms. The van der Waals surface area contributed by atoms with Gasteiger partial charge in [-0.15, -0.1) is 0 Å². The Kier molecular flexibility index (Phi) is 6.57.